The van der Waals surface area contributed by atoms with Gasteiger partial charge in [-0.2, -0.15) is 0 Å². The molecule has 0 bridgehead atoms. The minimum Gasteiger partial charge on any atom is -0.756 e. The van der Waals surface area contributed by atoms with Crippen LogP contribution in [-0.2, 0) is 18.4 Å². The van der Waals surface area contributed by atoms with Crippen molar-refractivity contribution >= 4 is 13.7 Å². The molecular weight excluding hydrogens is 756 g/mol. The summed E-state index contributed by atoms with van der Waals surface area (Å²) >= 11 is 0. The Morgan fingerprint density at radius 3 is 1.34 bits per heavy atom. The number of nitrogens with one attached hydrogen (secondary N) is 1. The lowest BCUT2D eigenvalue weighted by atomic mass is 10.0. The van der Waals surface area contributed by atoms with Crippen molar-refractivity contribution in [3.05, 3.63) is 36.5 Å². The lowest BCUT2D eigenvalue weighted by molar-refractivity contribution is -0.870. The molecule has 0 aromatic carbocycles. The number of hydrogen-bond donors (Lipinski definition) is 2. The number of rotatable bonds is 45. The molecule has 0 aromatic rings. The Bertz CT molecular complexity index is 1060. The van der Waals surface area contributed by atoms with Crippen molar-refractivity contribution in [2.75, 3.05) is 40.9 Å². The van der Waals surface area contributed by atoms with Crippen molar-refractivity contribution < 1.29 is 32.9 Å². The zero-order chi connectivity index (χ0) is 43.6. The van der Waals surface area contributed by atoms with Crippen LogP contribution in [0.1, 0.15) is 226 Å². The van der Waals surface area contributed by atoms with Crippen LogP contribution < -0.4 is 10.2 Å². The van der Waals surface area contributed by atoms with E-state index in [0.29, 0.717) is 17.4 Å². The summed E-state index contributed by atoms with van der Waals surface area (Å²) in [6, 6.07) is -0.905. The van der Waals surface area contributed by atoms with Crippen LogP contribution in [0.25, 0.3) is 0 Å². The normalized spacial score (nSPS) is 14.5. The Morgan fingerprint density at radius 2 is 0.949 bits per heavy atom. The predicted octanol–water partition coefficient (Wildman–Crippen LogP) is 13.6. The van der Waals surface area contributed by atoms with E-state index >= 15 is 0 Å². The molecule has 3 unspecified atom stereocenters. The van der Waals surface area contributed by atoms with Gasteiger partial charge in [0.2, 0.25) is 5.91 Å². The molecule has 2 N–H and O–H groups in total. The summed E-state index contributed by atoms with van der Waals surface area (Å²) in [4.78, 5) is 25.3. The number of phosphoric acid groups is 1. The lowest BCUT2D eigenvalue weighted by Gasteiger charge is -2.29. The third-order valence-electron chi connectivity index (χ3n) is 11.1. The highest BCUT2D eigenvalue weighted by atomic mass is 31.2. The monoisotopic (exact) mass is 853 g/mol. The third kappa shape index (κ3) is 44.6. The molecule has 348 valence electrons. The van der Waals surface area contributed by atoms with Crippen LogP contribution in [0.2, 0.25) is 0 Å². The van der Waals surface area contributed by atoms with E-state index in [1.807, 2.05) is 27.2 Å². The van der Waals surface area contributed by atoms with Gasteiger partial charge in [-0.15, -0.1) is 0 Å². The van der Waals surface area contributed by atoms with Gasteiger partial charge in [-0.1, -0.05) is 217 Å². The third-order valence-corrected chi connectivity index (χ3v) is 12.0. The Balaban J connectivity index is 4.13. The molecule has 3 atom stereocenters. The molecule has 0 heterocycles. The Labute approximate surface area is 366 Å². The molecule has 0 radical (unpaired) electrons. The second kappa shape index (κ2) is 42.0. The number of phosphoric ester groups is 1. The topological polar surface area (TPSA) is 108 Å². The van der Waals surface area contributed by atoms with Gasteiger partial charge in [-0.05, 0) is 38.5 Å². The number of quaternary nitrogens is 1. The lowest BCUT2D eigenvalue weighted by Crippen LogP contribution is -2.45. The molecule has 0 saturated carbocycles. The van der Waals surface area contributed by atoms with Crippen LogP contribution in [0, 0.1) is 0 Å². The molecule has 0 aliphatic carbocycles. The molecule has 0 aliphatic rings. The number of allylic oxidation sites excluding steroid dienone is 5. The molecule has 0 aromatic heterocycles. The Hall–Kier alpha value is -1.28. The first kappa shape index (κ1) is 57.7. The van der Waals surface area contributed by atoms with Gasteiger partial charge < -0.3 is 28.8 Å². The van der Waals surface area contributed by atoms with Gasteiger partial charge in [0.25, 0.3) is 7.82 Å². The molecule has 0 aliphatic heterocycles. The molecule has 0 saturated heterocycles. The molecular formula is C50H97N2O6P. The summed E-state index contributed by atoms with van der Waals surface area (Å²) in [6.45, 7) is 4.55. The van der Waals surface area contributed by atoms with Gasteiger partial charge in [0, 0.05) is 6.42 Å². The fourth-order valence-electron chi connectivity index (χ4n) is 7.13. The number of unbranched alkanes of at least 4 members (excludes halogenated alkanes) is 28. The van der Waals surface area contributed by atoms with Crippen LogP contribution in [0.15, 0.2) is 36.5 Å². The van der Waals surface area contributed by atoms with Gasteiger partial charge in [-0.3, -0.25) is 9.36 Å². The molecule has 9 heteroatoms. The van der Waals surface area contributed by atoms with E-state index < -0.39 is 26.6 Å². The number of carbonyl (C=O) groups is 1. The first-order valence-corrected chi connectivity index (χ1v) is 26.3. The highest BCUT2D eigenvalue weighted by molar-refractivity contribution is 7.45. The minimum absolute atomic E-state index is 0.00802. The number of hydrogen-bond acceptors (Lipinski definition) is 6. The summed E-state index contributed by atoms with van der Waals surface area (Å²) < 4.78 is 23.2. The van der Waals surface area contributed by atoms with E-state index in [-0.39, 0.29) is 12.5 Å². The van der Waals surface area contributed by atoms with E-state index in [1.165, 1.54) is 154 Å². The minimum atomic E-state index is -4.60. The zero-order valence-electron chi connectivity index (χ0n) is 39.5. The molecule has 1 amide bonds. The summed E-state index contributed by atoms with van der Waals surface area (Å²) in [5.74, 6) is -0.210. The SMILES string of the molecule is CCC/C=C/CC/C=C/CC/C=C/C(O)C(COP(=O)([O-])OCC[N+](C)(C)C)NC(=O)CCCCCCCCCCCCCCCCCCCCCCCCCCCC. The second-order valence-electron chi connectivity index (χ2n) is 18.2. The molecule has 0 rings (SSSR count). The summed E-state index contributed by atoms with van der Waals surface area (Å²) in [5, 5.41) is 13.7. The Morgan fingerprint density at radius 1 is 0.576 bits per heavy atom. The van der Waals surface area contributed by atoms with Crippen LogP contribution >= 0.6 is 7.82 Å². The van der Waals surface area contributed by atoms with Crippen LogP contribution in [0.3, 0.4) is 0 Å². The van der Waals surface area contributed by atoms with E-state index in [4.69, 9.17) is 9.05 Å². The number of carbonyl (C=O) groups excluding carboxylic acids is 1. The van der Waals surface area contributed by atoms with Crippen molar-refractivity contribution in [3.63, 3.8) is 0 Å². The summed E-state index contributed by atoms with van der Waals surface area (Å²) in [6.07, 6.45) is 52.3. The van der Waals surface area contributed by atoms with Gasteiger partial charge >= 0.3 is 0 Å². The van der Waals surface area contributed by atoms with Gasteiger partial charge in [-0.25, -0.2) is 0 Å². The number of nitrogens with zero attached hydrogens (tertiary/aromatic N) is 1. The van der Waals surface area contributed by atoms with Crippen molar-refractivity contribution in [2.24, 2.45) is 0 Å². The predicted molar refractivity (Wildman–Crippen MR) is 251 cm³/mol. The quantitative estimate of drug-likeness (QED) is 0.0273. The fourth-order valence-corrected chi connectivity index (χ4v) is 7.86. The van der Waals surface area contributed by atoms with Crippen molar-refractivity contribution in [2.45, 2.75) is 238 Å². The highest BCUT2D eigenvalue weighted by Gasteiger charge is 2.23. The maximum atomic E-state index is 12.9. The van der Waals surface area contributed by atoms with E-state index in [9.17, 15) is 19.4 Å². The van der Waals surface area contributed by atoms with Gasteiger partial charge in [0.1, 0.15) is 13.2 Å². The smallest absolute Gasteiger partial charge is 0.268 e. The van der Waals surface area contributed by atoms with Crippen LogP contribution in [0.5, 0.6) is 0 Å². The summed E-state index contributed by atoms with van der Waals surface area (Å²) in [7, 11) is 1.24. The van der Waals surface area contributed by atoms with E-state index in [2.05, 4.69) is 43.5 Å². The number of amides is 1. The molecule has 0 spiro atoms. The number of aliphatic hydroxyl groups excluding tert-OH is 1. The van der Waals surface area contributed by atoms with Crippen molar-refractivity contribution in [1.29, 1.82) is 0 Å². The highest BCUT2D eigenvalue weighted by Crippen LogP contribution is 2.38. The first-order valence-electron chi connectivity index (χ1n) is 24.9. The molecule has 59 heavy (non-hydrogen) atoms. The zero-order valence-corrected chi connectivity index (χ0v) is 40.4. The van der Waals surface area contributed by atoms with Crippen LogP contribution in [0.4, 0.5) is 0 Å². The second-order valence-corrected chi connectivity index (χ2v) is 19.6. The maximum Gasteiger partial charge on any atom is 0.268 e. The fraction of sp³-hybridized carbons (Fsp3) is 0.860. The Kier molecular flexibility index (Phi) is 41.1. The molecule has 8 nitrogen and oxygen atoms in total. The van der Waals surface area contributed by atoms with E-state index in [0.717, 1.165) is 51.4 Å². The maximum absolute atomic E-state index is 12.9. The van der Waals surface area contributed by atoms with Gasteiger partial charge in [0.05, 0.1) is 39.9 Å². The summed E-state index contributed by atoms with van der Waals surface area (Å²) in [5.41, 5.74) is 0. The largest absolute Gasteiger partial charge is 0.756 e. The molecule has 0 fully saturated rings. The number of aliphatic hydroxyl groups is 1. The van der Waals surface area contributed by atoms with E-state index in [1.54, 1.807) is 6.08 Å². The van der Waals surface area contributed by atoms with Gasteiger partial charge in [0.15, 0.2) is 0 Å². The average Bonchev–Trinajstić information content (AvgIpc) is 3.19. The number of likely N-dealkylation sites (N-methyl/N-ethyl adjacent to an activating group) is 1. The van der Waals surface area contributed by atoms with Crippen molar-refractivity contribution in [1.82, 2.24) is 5.32 Å². The average molecular weight is 853 g/mol. The van der Waals surface area contributed by atoms with Crippen molar-refractivity contribution in [3.8, 4) is 0 Å². The standard InChI is InChI=1S/C50H97N2O6P/c1-6-8-10-12-14-16-18-19-20-21-22-23-24-25-26-27-28-29-30-31-32-34-36-38-40-42-44-50(54)51-48(47-58-59(55,56)57-46-45-52(3,4)5)49(53)43-41-39-37-35-33-17-15-13-11-9-7-2/h11,13,33,35,41,43,48-49,53H,6-10,12,14-32,34,36-40,42,44-47H2,1-5H3,(H-,51,54,55,56)/b13-11+,35-33+,43-41+. The first-order chi connectivity index (χ1) is 28.5. The van der Waals surface area contributed by atoms with Crippen LogP contribution in [-0.4, -0.2) is 68.5 Å².